The highest BCUT2D eigenvalue weighted by Gasteiger charge is 2.19. The second-order valence-corrected chi connectivity index (χ2v) is 6.85. The molecule has 1 fully saturated rings. The molecule has 1 aliphatic heterocycles. The summed E-state index contributed by atoms with van der Waals surface area (Å²) < 4.78 is 10.7. The Morgan fingerprint density at radius 1 is 1.15 bits per heavy atom. The zero-order chi connectivity index (χ0) is 18.4. The van der Waals surface area contributed by atoms with Crippen LogP contribution in [0.4, 0.5) is 4.79 Å². The molecule has 142 valence electrons. The number of fused-ring (bicyclic) bond motifs is 1. The fourth-order valence-electron chi connectivity index (χ4n) is 3.41. The van der Waals surface area contributed by atoms with Crippen molar-refractivity contribution in [1.82, 2.24) is 15.5 Å². The second-order valence-electron chi connectivity index (χ2n) is 6.85. The summed E-state index contributed by atoms with van der Waals surface area (Å²) in [4.78, 5) is 26.1. The van der Waals surface area contributed by atoms with Crippen LogP contribution in [-0.4, -0.2) is 42.8 Å². The van der Waals surface area contributed by atoms with E-state index in [1.807, 2.05) is 30.0 Å². The molecule has 2 aliphatic rings. The van der Waals surface area contributed by atoms with Crippen LogP contribution in [0.2, 0.25) is 0 Å². The summed E-state index contributed by atoms with van der Waals surface area (Å²) >= 11 is 0. The summed E-state index contributed by atoms with van der Waals surface area (Å²) in [5.74, 6) is 1.18. The van der Waals surface area contributed by atoms with Gasteiger partial charge in [0.2, 0.25) is 12.7 Å². The van der Waals surface area contributed by atoms with Crippen LogP contribution in [0.1, 0.15) is 44.6 Å². The van der Waals surface area contributed by atoms with Gasteiger partial charge in [0, 0.05) is 12.6 Å². The van der Waals surface area contributed by atoms with Gasteiger partial charge in [-0.1, -0.05) is 32.3 Å². The number of nitrogens with one attached hydrogen (secondary N) is 2. The first kappa shape index (κ1) is 18.5. The van der Waals surface area contributed by atoms with Gasteiger partial charge in [-0.2, -0.15) is 0 Å². The normalized spacial score (nSPS) is 16.5. The largest absolute Gasteiger partial charge is 0.454 e. The first-order valence-electron chi connectivity index (χ1n) is 9.35. The lowest BCUT2D eigenvalue weighted by atomic mass is 9.96. The van der Waals surface area contributed by atoms with E-state index < -0.39 is 0 Å². The van der Waals surface area contributed by atoms with Gasteiger partial charge in [0.05, 0.1) is 6.54 Å². The van der Waals surface area contributed by atoms with Crippen molar-refractivity contribution in [2.24, 2.45) is 0 Å². The van der Waals surface area contributed by atoms with Crippen molar-refractivity contribution in [3.8, 4) is 11.5 Å². The van der Waals surface area contributed by atoms with Crippen LogP contribution < -0.4 is 20.1 Å². The number of rotatable bonds is 6. The van der Waals surface area contributed by atoms with Crippen molar-refractivity contribution in [3.05, 3.63) is 23.8 Å². The van der Waals surface area contributed by atoms with Crippen LogP contribution in [0.5, 0.6) is 11.5 Å². The zero-order valence-corrected chi connectivity index (χ0v) is 15.3. The minimum Gasteiger partial charge on any atom is -0.454 e. The molecule has 0 bridgehead atoms. The summed E-state index contributed by atoms with van der Waals surface area (Å²) in [6, 6.07) is 5.57. The number of carbonyl (C=O) groups excluding carboxylic acids is 2. The molecule has 26 heavy (non-hydrogen) atoms. The Morgan fingerprint density at radius 2 is 1.92 bits per heavy atom. The van der Waals surface area contributed by atoms with Crippen LogP contribution in [0.3, 0.4) is 0 Å². The first-order chi connectivity index (χ1) is 12.6. The molecule has 1 heterocycles. The van der Waals surface area contributed by atoms with Crippen molar-refractivity contribution < 1.29 is 19.1 Å². The highest BCUT2D eigenvalue weighted by atomic mass is 16.7. The average molecular weight is 361 g/mol. The maximum absolute atomic E-state index is 12.2. The molecule has 1 aliphatic carbocycles. The van der Waals surface area contributed by atoms with Crippen molar-refractivity contribution in [1.29, 1.82) is 0 Å². The van der Waals surface area contributed by atoms with Gasteiger partial charge < -0.3 is 14.8 Å². The lowest BCUT2D eigenvalue weighted by molar-refractivity contribution is -0.121. The van der Waals surface area contributed by atoms with Gasteiger partial charge in [-0.05, 0) is 37.1 Å². The third-order valence-electron chi connectivity index (χ3n) is 4.85. The minimum absolute atomic E-state index is 0.170. The van der Waals surface area contributed by atoms with Crippen LogP contribution in [-0.2, 0) is 11.3 Å². The SMILES string of the molecule is CCN(CC(=O)NC(=O)NC1CCCCC1)Cc1ccc2c(c1)OCO2. The maximum Gasteiger partial charge on any atom is 0.321 e. The summed E-state index contributed by atoms with van der Waals surface area (Å²) in [5.41, 5.74) is 1.04. The van der Waals surface area contributed by atoms with Gasteiger partial charge in [0.1, 0.15) is 0 Å². The molecule has 0 spiro atoms. The Hall–Kier alpha value is -2.28. The molecule has 7 nitrogen and oxygen atoms in total. The molecule has 1 aromatic carbocycles. The van der Waals surface area contributed by atoms with Crippen molar-refractivity contribution >= 4 is 11.9 Å². The number of imide groups is 1. The molecular formula is C19H27N3O4. The molecule has 0 unspecified atom stereocenters. The molecule has 1 saturated carbocycles. The average Bonchev–Trinajstić information content (AvgIpc) is 3.09. The van der Waals surface area contributed by atoms with Crippen LogP contribution in [0.15, 0.2) is 18.2 Å². The van der Waals surface area contributed by atoms with Crippen molar-refractivity contribution in [3.63, 3.8) is 0 Å². The number of urea groups is 1. The predicted octanol–water partition coefficient (Wildman–Crippen LogP) is 2.40. The molecule has 0 saturated heterocycles. The summed E-state index contributed by atoms with van der Waals surface area (Å²) in [6.07, 6.45) is 5.49. The van der Waals surface area contributed by atoms with E-state index in [1.165, 1.54) is 6.42 Å². The van der Waals surface area contributed by atoms with Gasteiger partial charge in [-0.25, -0.2) is 4.79 Å². The Labute approximate surface area is 154 Å². The quantitative estimate of drug-likeness (QED) is 0.813. The number of carbonyl (C=O) groups is 2. The molecule has 1 aromatic rings. The van der Waals surface area contributed by atoms with E-state index in [9.17, 15) is 9.59 Å². The minimum atomic E-state index is -0.388. The van der Waals surface area contributed by atoms with Gasteiger partial charge in [0.15, 0.2) is 11.5 Å². The molecule has 2 N–H and O–H groups in total. The summed E-state index contributed by atoms with van der Waals surface area (Å²) in [7, 11) is 0. The Balaban J connectivity index is 1.46. The van der Waals surface area contributed by atoms with E-state index in [4.69, 9.17) is 9.47 Å². The topological polar surface area (TPSA) is 79.9 Å². The smallest absolute Gasteiger partial charge is 0.321 e. The van der Waals surface area contributed by atoms with Gasteiger partial charge in [0.25, 0.3) is 0 Å². The number of likely N-dealkylation sites (N-methyl/N-ethyl adjacent to an activating group) is 1. The van der Waals surface area contributed by atoms with E-state index >= 15 is 0 Å². The van der Waals surface area contributed by atoms with E-state index in [1.54, 1.807) is 0 Å². The monoisotopic (exact) mass is 361 g/mol. The lowest BCUT2D eigenvalue weighted by Gasteiger charge is -2.23. The Morgan fingerprint density at radius 3 is 2.69 bits per heavy atom. The highest BCUT2D eigenvalue weighted by Crippen LogP contribution is 2.32. The maximum atomic E-state index is 12.2. The van der Waals surface area contributed by atoms with Crippen LogP contribution in [0, 0.1) is 0 Å². The molecule has 0 atom stereocenters. The number of hydrogen-bond donors (Lipinski definition) is 2. The fourth-order valence-corrected chi connectivity index (χ4v) is 3.41. The van der Waals surface area contributed by atoms with E-state index in [0.29, 0.717) is 13.1 Å². The standard InChI is InChI=1S/C19H27N3O4/c1-2-22(11-14-8-9-16-17(10-14)26-13-25-16)12-18(23)21-19(24)20-15-6-4-3-5-7-15/h8-10,15H,2-7,11-13H2,1H3,(H2,20,21,23,24). The molecule has 3 amide bonds. The van der Waals surface area contributed by atoms with E-state index in [2.05, 4.69) is 10.6 Å². The van der Waals surface area contributed by atoms with Gasteiger partial charge in [-0.15, -0.1) is 0 Å². The molecule has 0 radical (unpaired) electrons. The number of hydrogen-bond acceptors (Lipinski definition) is 5. The van der Waals surface area contributed by atoms with Crippen LogP contribution >= 0.6 is 0 Å². The van der Waals surface area contributed by atoms with Crippen LogP contribution in [0.25, 0.3) is 0 Å². The number of ether oxygens (including phenoxy) is 2. The predicted molar refractivity (Wildman–Crippen MR) is 97.1 cm³/mol. The second kappa shape index (κ2) is 8.89. The third-order valence-corrected chi connectivity index (χ3v) is 4.85. The van der Waals surface area contributed by atoms with Gasteiger partial charge >= 0.3 is 6.03 Å². The number of amides is 3. The van der Waals surface area contributed by atoms with Gasteiger partial charge in [-0.3, -0.25) is 15.0 Å². The van der Waals surface area contributed by atoms with E-state index in [0.717, 1.165) is 42.7 Å². The first-order valence-corrected chi connectivity index (χ1v) is 9.35. The molecule has 0 aromatic heterocycles. The summed E-state index contributed by atoms with van der Waals surface area (Å²) in [6.45, 7) is 3.71. The third kappa shape index (κ3) is 5.11. The number of nitrogens with zero attached hydrogens (tertiary/aromatic N) is 1. The van der Waals surface area contributed by atoms with Crippen molar-refractivity contribution in [2.45, 2.75) is 51.6 Å². The Bertz CT molecular complexity index is 644. The molecular weight excluding hydrogens is 334 g/mol. The van der Waals surface area contributed by atoms with Crippen molar-refractivity contribution in [2.75, 3.05) is 19.9 Å². The summed E-state index contributed by atoms with van der Waals surface area (Å²) in [5, 5.41) is 5.34. The van der Waals surface area contributed by atoms with E-state index in [-0.39, 0.29) is 31.3 Å². The molecule has 3 rings (SSSR count). The fraction of sp³-hybridized carbons (Fsp3) is 0.579. The zero-order valence-electron chi connectivity index (χ0n) is 15.3. The highest BCUT2D eigenvalue weighted by molar-refractivity contribution is 5.95. The Kier molecular flexibility index (Phi) is 6.33. The lowest BCUT2D eigenvalue weighted by Crippen LogP contribution is -2.47. The molecule has 7 heteroatoms. The number of benzene rings is 1.